The van der Waals surface area contributed by atoms with Crippen molar-refractivity contribution < 1.29 is 31.9 Å². The van der Waals surface area contributed by atoms with Crippen LogP contribution in [0.5, 0.6) is 0 Å². The van der Waals surface area contributed by atoms with Crippen LogP contribution in [0.3, 0.4) is 0 Å². The number of nitrogens with zero attached hydrogens (tertiary/aromatic N) is 1. The topological polar surface area (TPSA) is 73.5 Å². The SMILES string of the molecule is COC(=O)[C@H]1CC[C@H](CNC(=O)c2cc(C(F)(F)F)cc3ccn(Cc4cc5cc(Cl)ccc5o4)c23)CC1. The van der Waals surface area contributed by atoms with Gasteiger partial charge in [0.1, 0.15) is 11.3 Å². The summed E-state index contributed by atoms with van der Waals surface area (Å²) in [5.74, 6) is -0.240. The number of esters is 1. The van der Waals surface area contributed by atoms with Crippen LogP contribution < -0.4 is 5.32 Å². The Labute approximate surface area is 221 Å². The van der Waals surface area contributed by atoms with Gasteiger partial charge in [0.05, 0.1) is 36.2 Å². The van der Waals surface area contributed by atoms with Crippen LogP contribution in [0.25, 0.3) is 21.9 Å². The van der Waals surface area contributed by atoms with Crippen LogP contribution in [0.1, 0.15) is 47.4 Å². The number of amides is 1. The highest BCUT2D eigenvalue weighted by atomic mass is 35.5. The zero-order valence-corrected chi connectivity index (χ0v) is 21.4. The number of fused-ring (bicyclic) bond motifs is 2. The van der Waals surface area contributed by atoms with E-state index in [0.29, 0.717) is 46.7 Å². The number of halogens is 4. The number of rotatable bonds is 6. The van der Waals surface area contributed by atoms with Crippen LogP contribution in [0.2, 0.25) is 5.02 Å². The lowest BCUT2D eigenvalue weighted by atomic mass is 9.82. The van der Waals surface area contributed by atoms with Gasteiger partial charge in [-0.3, -0.25) is 9.59 Å². The number of hydrogen-bond donors (Lipinski definition) is 1. The third-order valence-electron chi connectivity index (χ3n) is 7.22. The van der Waals surface area contributed by atoms with Crippen molar-refractivity contribution in [3.8, 4) is 0 Å². The molecular formula is C28H26ClF3N2O4. The first-order valence-electron chi connectivity index (χ1n) is 12.4. The van der Waals surface area contributed by atoms with Crippen LogP contribution in [0.15, 0.2) is 53.1 Å². The number of methoxy groups -OCH3 is 1. The molecule has 2 heterocycles. The second kappa shape index (κ2) is 10.4. The molecule has 0 atom stereocenters. The Balaban J connectivity index is 1.40. The summed E-state index contributed by atoms with van der Waals surface area (Å²) in [7, 11) is 1.37. The van der Waals surface area contributed by atoms with Gasteiger partial charge in [-0.15, -0.1) is 0 Å². The predicted octanol–water partition coefficient (Wildman–Crippen LogP) is 6.82. The second-order valence-electron chi connectivity index (χ2n) is 9.75. The molecule has 1 aliphatic carbocycles. The van der Waals surface area contributed by atoms with Crippen molar-refractivity contribution in [1.29, 1.82) is 0 Å². The van der Waals surface area contributed by atoms with Crippen molar-refractivity contribution in [1.82, 2.24) is 9.88 Å². The number of benzene rings is 2. The predicted molar refractivity (Wildman–Crippen MR) is 137 cm³/mol. The lowest BCUT2D eigenvalue weighted by molar-refractivity contribution is -0.146. The van der Waals surface area contributed by atoms with Crippen molar-refractivity contribution >= 4 is 45.3 Å². The Bertz CT molecular complexity index is 1500. The molecule has 1 N–H and O–H groups in total. The van der Waals surface area contributed by atoms with Gasteiger partial charge in [-0.2, -0.15) is 13.2 Å². The molecule has 0 aliphatic heterocycles. The van der Waals surface area contributed by atoms with Gasteiger partial charge in [0, 0.05) is 28.5 Å². The van der Waals surface area contributed by atoms with E-state index in [2.05, 4.69) is 5.32 Å². The van der Waals surface area contributed by atoms with Crippen LogP contribution >= 0.6 is 11.6 Å². The Morgan fingerprint density at radius 2 is 1.84 bits per heavy atom. The van der Waals surface area contributed by atoms with E-state index >= 15 is 0 Å². The Kier molecular flexibility index (Phi) is 7.13. The molecule has 4 aromatic rings. The molecule has 38 heavy (non-hydrogen) atoms. The number of aromatic nitrogens is 1. The third-order valence-corrected chi connectivity index (χ3v) is 7.46. The fourth-order valence-electron chi connectivity index (χ4n) is 5.23. The standard InChI is InChI=1S/C28H26ClF3N2O4/c1-37-27(36)17-4-2-16(3-5-17)14-33-26(35)23-13-20(28(30,31)32)10-18-8-9-34(25(18)23)15-22-12-19-11-21(29)6-7-24(19)38-22/h6-13,16-17H,2-5,14-15H2,1H3,(H,33,35)/t16-,17-. The maximum absolute atomic E-state index is 13.7. The molecule has 0 radical (unpaired) electrons. The first-order valence-corrected chi connectivity index (χ1v) is 12.7. The molecule has 0 bridgehead atoms. The van der Waals surface area contributed by atoms with E-state index < -0.39 is 17.6 Å². The maximum atomic E-state index is 13.7. The van der Waals surface area contributed by atoms with E-state index in [0.717, 1.165) is 30.4 Å². The largest absolute Gasteiger partial charge is 0.469 e. The van der Waals surface area contributed by atoms with Gasteiger partial charge in [0.15, 0.2) is 0 Å². The van der Waals surface area contributed by atoms with Crippen molar-refractivity contribution in [2.24, 2.45) is 11.8 Å². The lowest BCUT2D eigenvalue weighted by Crippen LogP contribution is -2.33. The summed E-state index contributed by atoms with van der Waals surface area (Å²) in [6.07, 6.45) is -0.181. The Hall–Kier alpha value is -3.46. The van der Waals surface area contributed by atoms with Gasteiger partial charge in [-0.25, -0.2) is 0 Å². The summed E-state index contributed by atoms with van der Waals surface area (Å²) >= 11 is 6.07. The van der Waals surface area contributed by atoms with Crippen molar-refractivity contribution in [3.05, 3.63) is 70.6 Å². The summed E-state index contributed by atoms with van der Waals surface area (Å²) in [6, 6.07) is 10.6. The first-order chi connectivity index (χ1) is 18.1. The normalized spacial score (nSPS) is 18.1. The molecule has 2 aromatic heterocycles. The maximum Gasteiger partial charge on any atom is 0.416 e. The molecule has 1 aliphatic rings. The summed E-state index contributed by atoms with van der Waals surface area (Å²) in [5.41, 5.74) is 0.0931. The van der Waals surface area contributed by atoms with Gasteiger partial charge < -0.3 is 19.0 Å². The van der Waals surface area contributed by atoms with Crippen molar-refractivity contribution in [3.63, 3.8) is 0 Å². The minimum Gasteiger partial charge on any atom is -0.469 e. The van der Waals surface area contributed by atoms with Crippen molar-refractivity contribution in [2.45, 2.75) is 38.4 Å². The zero-order chi connectivity index (χ0) is 27.0. The molecule has 5 rings (SSSR count). The molecule has 1 saturated carbocycles. The van der Waals surface area contributed by atoms with Gasteiger partial charge in [-0.05, 0) is 74.1 Å². The van der Waals surface area contributed by atoms with Crippen LogP contribution in [0, 0.1) is 11.8 Å². The van der Waals surface area contributed by atoms with Crippen LogP contribution in [-0.4, -0.2) is 30.1 Å². The number of ether oxygens (including phenoxy) is 1. The Morgan fingerprint density at radius 1 is 1.08 bits per heavy atom. The monoisotopic (exact) mass is 546 g/mol. The van der Waals surface area contributed by atoms with E-state index in [4.69, 9.17) is 20.8 Å². The molecule has 0 unspecified atom stereocenters. The molecule has 200 valence electrons. The highest BCUT2D eigenvalue weighted by Gasteiger charge is 2.33. The van der Waals surface area contributed by atoms with Crippen molar-refractivity contribution in [2.75, 3.05) is 13.7 Å². The van der Waals surface area contributed by atoms with E-state index in [9.17, 15) is 22.8 Å². The minimum absolute atomic E-state index is 0.0535. The number of furan rings is 1. The first kappa shape index (κ1) is 26.2. The summed E-state index contributed by atoms with van der Waals surface area (Å²) in [6.45, 7) is 0.536. The number of carbonyl (C=O) groups excluding carboxylic acids is 2. The molecule has 10 heteroatoms. The highest BCUT2D eigenvalue weighted by molar-refractivity contribution is 6.31. The second-order valence-corrected chi connectivity index (χ2v) is 10.2. The number of hydrogen-bond acceptors (Lipinski definition) is 4. The van der Waals surface area contributed by atoms with E-state index in [1.54, 1.807) is 35.0 Å². The number of nitrogens with one attached hydrogen (secondary N) is 1. The zero-order valence-electron chi connectivity index (χ0n) is 20.6. The molecule has 1 fully saturated rings. The average molecular weight is 547 g/mol. The molecule has 0 saturated heterocycles. The molecule has 6 nitrogen and oxygen atoms in total. The molecular weight excluding hydrogens is 521 g/mol. The van der Waals surface area contributed by atoms with Gasteiger partial charge in [0.2, 0.25) is 0 Å². The fraction of sp³-hybridized carbons (Fsp3) is 0.357. The number of carbonyl (C=O) groups is 2. The number of alkyl halides is 3. The van der Waals surface area contributed by atoms with Gasteiger partial charge >= 0.3 is 12.1 Å². The summed E-state index contributed by atoms with van der Waals surface area (Å²) < 4.78 is 53.4. The van der Waals surface area contributed by atoms with Crippen LogP contribution in [0.4, 0.5) is 13.2 Å². The minimum atomic E-state index is -4.60. The van der Waals surface area contributed by atoms with Gasteiger partial charge in [0.25, 0.3) is 5.91 Å². The van der Waals surface area contributed by atoms with E-state index in [-0.39, 0.29) is 29.9 Å². The average Bonchev–Trinajstić information content (AvgIpc) is 3.49. The summed E-state index contributed by atoms with van der Waals surface area (Å²) in [5, 5.41) is 4.51. The van der Waals surface area contributed by atoms with E-state index in [1.807, 2.05) is 6.07 Å². The lowest BCUT2D eigenvalue weighted by Gasteiger charge is -2.27. The smallest absolute Gasteiger partial charge is 0.416 e. The molecule has 1 amide bonds. The summed E-state index contributed by atoms with van der Waals surface area (Å²) in [4.78, 5) is 25.0. The van der Waals surface area contributed by atoms with Crippen LogP contribution in [-0.2, 0) is 22.3 Å². The highest BCUT2D eigenvalue weighted by Crippen LogP contribution is 2.35. The molecule has 2 aromatic carbocycles. The van der Waals surface area contributed by atoms with Gasteiger partial charge in [-0.1, -0.05) is 11.6 Å². The Morgan fingerprint density at radius 3 is 2.55 bits per heavy atom. The third kappa shape index (κ3) is 5.38. The quantitative estimate of drug-likeness (QED) is 0.269. The molecule has 0 spiro atoms. The fourth-order valence-corrected chi connectivity index (χ4v) is 5.41. The van der Waals surface area contributed by atoms with E-state index in [1.165, 1.54) is 7.11 Å².